The van der Waals surface area contributed by atoms with Crippen LogP contribution in [0.1, 0.15) is 19.3 Å². The first-order valence-electron chi connectivity index (χ1n) is 6.94. The highest BCUT2D eigenvalue weighted by atomic mass is 35.5. The molecule has 0 aromatic heterocycles. The first kappa shape index (κ1) is 15.1. The number of nitrogens with two attached hydrogens (primary N) is 1. The summed E-state index contributed by atoms with van der Waals surface area (Å²) in [4.78, 5) is 0.116. The van der Waals surface area contributed by atoms with Gasteiger partial charge in [-0.1, -0.05) is 11.6 Å². The maximum atomic E-state index is 12.9. The van der Waals surface area contributed by atoms with E-state index in [-0.39, 0.29) is 9.92 Å². The Bertz CT molecular complexity index is 640. The van der Waals surface area contributed by atoms with Crippen LogP contribution in [-0.4, -0.2) is 39.1 Å². The van der Waals surface area contributed by atoms with E-state index >= 15 is 0 Å². The Morgan fingerprint density at radius 2 is 2.14 bits per heavy atom. The Morgan fingerprint density at radius 1 is 1.33 bits per heavy atom. The first-order valence-corrected chi connectivity index (χ1v) is 8.86. The molecule has 0 amide bonds. The molecule has 3 rings (SSSR count). The van der Waals surface area contributed by atoms with Crippen LogP contribution in [0.15, 0.2) is 23.1 Å². The molecule has 2 fully saturated rings. The SMILES string of the molecule is Nc1ccc(Cl)c(S(=O)(=O)C2CCOC3(CCOC3)C2)c1. The lowest BCUT2D eigenvalue weighted by molar-refractivity contribution is -0.0778. The zero-order valence-electron chi connectivity index (χ0n) is 11.5. The van der Waals surface area contributed by atoms with Crippen LogP contribution < -0.4 is 5.73 Å². The summed E-state index contributed by atoms with van der Waals surface area (Å²) < 4.78 is 36.9. The van der Waals surface area contributed by atoms with Crippen molar-refractivity contribution < 1.29 is 17.9 Å². The van der Waals surface area contributed by atoms with Crippen molar-refractivity contribution in [1.29, 1.82) is 0 Å². The average Bonchev–Trinajstić information content (AvgIpc) is 2.89. The Hall–Kier alpha value is -0.820. The van der Waals surface area contributed by atoms with E-state index < -0.39 is 20.7 Å². The lowest BCUT2D eigenvalue weighted by atomic mass is 9.93. The van der Waals surface area contributed by atoms with Crippen LogP contribution in [0.5, 0.6) is 0 Å². The Morgan fingerprint density at radius 3 is 2.86 bits per heavy atom. The molecule has 2 atom stereocenters. The van der Waals surface area contributed by atoms with Crippen molar-refractivity contribution in [2.45, 2.75) is 35.0 Å². The second-order valence-corrected chi connectivity index (χ2v) is 8.29. The van der Waals surface area contributed by atoms with E-state index in [2.05, 4.69) is 0 Å². The van der Waals surface area contributed by atoms with Crippen molar-refractivity contribution in [3.63, 3.8) is 0 Å². The third kappa shape index (κ3) is 2.77. The Balaban J connectivity index is 1.92. The lowest BCUT2D eigenvalue weighted by Crippen LogP contribution is -2.45. The summed E-state index contributed by atoms with van der Waals surface area (Å²) in [7, 11) is -3.53. The number of hydrogen-bond acceptors (Lipinski definition) is 5. The third-order valence-corrected chi connectivity index (χ3v) is 6.89. The van der Waals surface area contributed by atoms with Gasteiger partial charge in [0.05, 0.1) is 27.4 Å². The second-order valence-electron chi connectivity index (χ2n) is 5.68. The summed E-state index contributed by atoms with van der Waals surface area (Å²) in [6.07, 6.45) is 1.65. The van der Waals surface area contributed by atoms with Crippen molar-refractivity contribution in [1.82, 2.24) is 0 Å². The number of hydrogen-bond donors (Lipinski definition) is 1. The van der Waals surface area contributed by atoms with Crippen LogP contribution in [0.25, 0.3) is 0 Å². The first-order chi connectivity index (χ1) is 9.93. The van der Waals surface area contributed by atoms with Gasteiger partial charge >= 0.3 is 0 Å². The Labute approximate surface area is 129 Å². The molecule has 1 spiro atoms. The van der Waals surface area contributed by atoms with Crippen molar-refractivity contribution >= 4 is 27.1 Å². The minimum absolute atomic E-state index is 0.116. The number of ether oxygens (including phenoxy) is 2. The fraction of sp³-hybridized carbons (Fsp3) is 0.571. The number of sulfone groups is 1. The van der Waals surface area contributed by atoms with Gasteiger partial charge in [0.2, 0.25) is 0 Å². The van der Waals surface area contributed by atoms with Crippen molar-refractivity contribution in [2.75, 3.05) is 25.6 Å². The summed E-state index contributed by atoms with van der Waals surface area (Å²) in [6.45, 7) is 1.50. The highest BCUT2D eigenvalue weighted by Crippen LogP contribution is 2.38. The molecule has 21 heavy (non-hydrogen) atoms. The van der Waals surface area contributed by atoms with Crippen molar-refractivity contribution in [3.05, 3.63) is 23.2 Å². The molecule has 0 radical (unpaired) electrons. The van der Waals surface area contributed by atoms with Crippen LogP contribution in [0.4, 0.5) is 5.69 Å². The third-order valence-electron chi connectivity index (χ3n) is 4.22. The molecule has 0 aliphatic carbocycles. The molecule has 7 heteroatoms. The number of halogens is 1. The maximum Gasteiger partial charge on any atom is 0.182 e. The van der Waals surface area contributed by atoms with Gasteiger partial charge < -0.3 is 15.2 Å². The molecule has 2 unspecified atom stereocenters. The van der Waals surface area contributed by atoms with E-state index in [1.54, 1.807) is 6.07 Å². The highest BCUT2D eigenvalue weighted by molar-refractivity contribution is 7.92. The minimum Gasteiger partial charge on any atom is -0.399 e. The molecule has 2 aliphatic heterocycles. The fourth-order valence-corrected chi connectivity index (χ4v) is 5.40. The van der Waals surface area contributed by atoms with Crippen LogP contribution in [0.3, 0.4) is 0 Å². The molecule has 5 nitrogen and oxygen atoms in total. The normalized spacial score (nSPS) is 29.9. The zero-order valence-corrected chi connectivity index (χ0v) is 13.1. The molecular formula is C14H18ClNO4S. The monoisotopic (exact) mass is 331 g/mol. The molecule has 0 saturated carbocycles. The second kappa shape index (κ2) is 5.43. The molecule has 1 aromatic carbocycles. The molecule has 116 valence electrons. The van der Waals surface area contributed by atoms with Crippen molar-refractivity contribution in [3.8, 4) is 0 Å². The van der Waals surface area contributed by atoms with Crippen molar-refractivity contribution in [2.24, 2.45) is 0 Å². The van der Waals surface area contributed by atoms with Gasteiger partial charge in [-0.2, -0.15) is 0 Å². The van der Waals surface area contributed by atoms with Crippen LogP contribution in [-0.2, 0) is 19.3 Å². The Kier molecular flexibility index (Phi) is 3.90. The summed E-state index contributed by atoms with van der Waals surface area (Å²) in [5, 5.41) is -0.292. The number of rotatable bonds is 2. The highest BCUT2D eigenvalue weighted by Gasteiger charge is 2.45. The summed E-state index contributed by atoms with van der Waals surface area (Å²) >= 11 is 6.06. The van der Waals surface area contributed by atoms with Gasteiger partial charge in [0.1, 0.15) is 0 Å². The van der Waals surface area contributed by atoms with Gasteiger partial charge in [0.15, 0.2) is 9.84 Å². The van der Waals surface area contributed by atoms with Gasteiger partial charge in [-0.15, -0.1) is 0 Å². The molecule has 2 saturated heterocycles. The molecule has 1 aromatic rings. The van der Waals surface area contributed by atoms with Gasteiger partial charge in [-0.05, 0) is 31.0 Å². The molecule has 0 bridgehead atoms. The number of anilines is 1. The predicted octanol–water partition coefficient (Wildman–Crippen LogP) is 2.03. The smallest absolute Gasteiger partial charge is 0.182 e. The van der Waals surface area contributed by atoms with E-state index in [9.17, 15) is 8.42 Å². The van der Waals surface area contributed by atoms with E-state index in [0.29, 0.717) is 38.3 Å². The summed E-state index contributed by atoms with van der Waals surface area (Å²) in [5.74, 6) is 0. The molecule has 2 aliphatic rings. The quantitative estimate of drug-likeness (QED) is 0.839. The van der Waals surface area contributed by atoms with Crippen LogP contribution in [0.2, 0.25) is 5.02 Å². The number of nitrogen functional groups attached to an aromatic ring is 1. The number of benzene rings is 1. The maximum absolute atomic E-state index is 12.9. The summed E-state index contributed by atoms with van der Waals surface area (Å²) in [5.41, 5.74) is 5.64. The fourth-order valence-electron chi connectivity index (χ4n) is 3.03. The average molecular weight is 332 g/mol. The molecule has 2 heterocycles. The summed E-state index contributed by atoms with van der Waals surface area (Å²) in [6, 6.07) is 4.56. The van der Waals surface area contributed by atoms with Gasteiger partial charge in [-0.25, -0.2) is 8.42 Å². The van der Waals surface area contributed by atoms with Crippen LogP contribution >= 0.6 is 11.6 Å². The lowest BCUT2D eigenvalue weighted by Gasteiger charge is -2.36. The van der Waals surface area contributed by atoms with Gasteiger partial charge in [0.25, 0.3) is 0 Å². The topological polar surface area (TPSA) is 78.6 Å². The molecule has 2 N–H and O–H groups in total. The van der Waals surface area contributed by atoms with Gasteiger partial charge in [0, 0.05) is 25.3 Å². The van der Waals surface area contributed by atoms with E-state index in [1.165, 1.54) is 12.1 Å². The molecular weight excluding hydrogens is 314 g/mol. The van der Waals surface area contributed by atoms with E-state index in [4.69, 9.17) is 26.8 Å². The minimum atomic E-state index is -3.53. The van der Waals surface area contributed by atoms with E-state index in [1.807, 2.05) is 0 Å². The predicted molar refractivity (Wildman–Crippen MR) is 80.2 cm³/mol. The standard InChI is InChI=1S/C14H18ClNO4S/c15-12-2-1-10(16)7-13(12)21(17,18)11-3-5-20-14(8-11)4-6-19-9-14/h1-2,7,11H,3-6,8-9,16H2. The van der Waals surface area contributed by atoms with Gasteiger partial charge in [-0.3, -0.25) is 0 Å². The largest absolute Gasteiger partial charge is 0.399 e. The zero-order chi connectivity index (χ0) is 15.1. The van der Waals surface area contributed by atoms with E-state index in [0.717, 1.165) is 6.42 Å². The van der Waals surface area contributed by atoms with Crippen LogP contribution in [0, 0.1) is 0 Å².